The van der Waals surface area contributed by atoms with E-state index in [0.29, 0.717) is 6.54 Å². The fourth-order valence-corrected chi connectivity index (χ4v) is 3.26. The molecule has 2 atom stereocenters. The van der Waals surface area contributed by atoms with Gasteiger partial charge in [0.25, 0.3) is 0 Å². The normalized spacial score (nSPS) is 29.9. The molecule has 0 aromatic heterocycles. The number of benzene rings is 1. The molecule has 4 heteroatoms. The monoisotopic (exact) mass is 274 g/mol. The van der Waals surface area contributed by atoms with Crippen LogP contribution in [0.3, 0.4) is 0 Å². The van der Waals surface area contributed by atoms with E-state index in [9.17, 15) is 9.90 Å². The zero-order chi connectivity index (χ0) is 14.2. The molecule has 0 radical (unpaired) electrons. The molecule has 108 valence electrons. The van der Waals surface area contributed by atoms with Gasteiger partial charge >= 0.3 is 0 Å². The van der Waals surface area contributed by atoms with Crippen molar-refractivity contribution in [2.45, 2.75) is 44.4 Å². The van der Waals surface area contributed by atoms with Gasteiger partial charge in [0.15, 0.2) is 0 Å². The van der Waals surface area contributed by atoms with Gasteiger partial charge in [-0.05, 0) is 37.3 Å². The van der Waals surface area contributed by atoms with Crippen molar-refractivity contribution in [2.75, 3.05) is 13.1 Å². The number of piperidine rings is 1. The van der Waals surface area contributed by atoms with Gasteiger partial charge in [0.1, 0.15) is 0 Å². The Morgan fingerprint density at radius 2 is 2.15 bits per heavy atom. The Morgan fingerprint density at radius 1 is 1.40 bits per heavy atom. The molecular weight excluding hydrogens is 252 g/mol. The second-order valence-electron chi connectivity index (χ2n) is 6.27. The molecule has 1 unspecified atom stereocenters. The zero-order valence-electron chi connectivity index (χ0n) is 11.9. The molecule has 1 aromatic rings. The maximum atomic E-state index is 12.6. The summed E-state index contributed by atoms with van der Waals surface area (Å²) >= 11 is 0. The van der Waals surface area contributed by atoms with Gasteiger partial charge < -0.3 is 15.3 Å². The summed E-state index contributed by atoms with van der Waals surface area (Å²) in [6.07, 6.45) is 2.40. The van der Waals surface area contributed by atoms with E-state index in [0.717, 1.165) is 32.4 Å². The van der Waals surface area contributed by atoms with Crippen molar-refractivity contribution < 1.29 is 9.90 Å². The summed E-state index contributed by atoms with van der Waals surface area (Å²) in [5.74, 6) is 0.125. The minimum Gasteiger partial charge on any atom is -0.388 e. The van der Waals surface area contributed by atoms with Crippen LogP contribution in [0.4, 0.5) is 0 Å². The number of carbonyl (C=O) groups is 1. The van der Waals surface area contributed by atoms with Crippen molar-refractivity contribution in [1.29, 1.82) is 0 Å². The van der Waals surface area contributed by atoms with E-state index in [1.807, 2.05) is 24.0 Å². The molecule has 0 bridgehead atoms. The summed E-state index contributed by atoms with van der Waals surface area (Å²) in [6.45, 7) is 3.77. The van der Waals surface area contributed by atoms with E-state index < -0.39 is 5.60 Å². The lowest BCUT2D eigenvalue weighted by atomic mass is 9.92. The van der Waals surface area contributed by atoms with Crippen LogP contribution in [0.25, 0.3) is 0 Å². The number of hydrogen-bond acceptors (Lipinski definition) is 3. The Labute approximate surface area is 119 Å². The number of likely N-dealkylation sites (tertiary alicyclic amines) is 1. The van der Waals surface area contributed by atoms with E-state index in [1.165, 1.54) is 11.1 Å². The average Bonchev–Trinajstić information content (AvgIpc) is 2.45. The minimum atomic E-state index is -0.736. The lowest BCUT2D eigenvalue weighted by molar-refractivity contribution is -0.139. The number of aliphatic hydroxyl groups is 1. The Hall–Kier alpha value is -1.39. The van der Waals surface area contributed by atoms with Crippen LogP contribution >= 0.6 is 0 Å². The predicted octanol–water partition coefficient (Wildman–Crippen LogP) is 1.07. The smallest absolute Gasteiger partial charge is 0.240 e. The molecular formula is C16H22N2O2. The topological polar surface area (TPSA) is 52.6 Å². The first kappa shape index (κ1) is 13.6. The standard InChI is InChI=1S/C16H22N2O2/c1-16(20)7-4-8-18(11-16)15(19)14-9-12-5-2-3-6-13(12)10-17-14/h2-3,5-6,14,17,20H,4,7-11H2,1H3/t14-,16?/m1/s1. The van der Waals surface area contributed by atoms with Crippen LogP contribution in [0.5, 0.6) is 0 Å². The van der Waals surface area contributed by atoms with Gasteiger partial charge in [0.05, 0.1) is 11.6 Å². The first-order valence-corrected chi connectivity index (χ1v) is 7.36. The van der Waals surface area contributed by atoms with Crippen LogP contribution < -0.4 is 5.32 Å². The maximum Gasteiger partial charge on any atom is 0.240 e. The highest BCUT2D eigenvalue weighted by Crippen LogP contribution is 2.23. The summed E-state index contributed by atoms with van der Waals surface area (Å²) in [7, 11) is 0. The van der Waals surface area contributed by atoms with Crippen molar-refractivity contribution in [2.24, 2.45) is 0 Å². The largest absolute Gasteiger partial charge is 0.388 e. The van der Waals surface area contributed by atoms with Crippen LogP contribution in [0.1, 0.15) is 30.9 Å². The van der Waals surface area contributed by atoms with Gasteiger partial charge in [-0.15, -0.1) is 0 Å². The molecule has 1 aromatic carbocycles. The Morgan fingerprint density at radius 3 is 2.90 bits per heavy atom. The third-order valence-electron chi connectivity index (χ3n) is 4.37. The molecule has 2 aliphatic rings. The summed E-state index contributed by atoms with van der Waals surface area (Å²) in [6, 6.07) is 8.11. The van der Waals surface area contributed by atoms with Crippen LogP contribution in [0.2, 0.25) is 0 Å². The highest BCUT2D eigenvalue weighted by atomic mass is 16.3. The number of fused-ring (bicyclic) bond motifs is 1. The quantitative estimate of drug-likeness (QED) is 0.805. The molecule has 2 heterocycles. The third-order valence-corrected chi connectivity index (χ3v) is 4.37. The van der Waals surface area contributed by atoms with Crippen molar-refractivity contribution in [1.82, 2.24) is 10.2 Å². The highest BCUT2D eigenvalue weighted by Gasteiger charge is 2.34. The van der Waals surface area contributed by atoms with E-state index in [2.05, 4.69) is 17.4 Å². The minimum absolute atomic E-state index is 0.125. The van der Waals surface area contributed by atoms with E-state index in [1.54, 1.807) is 0 Å². The molecule has 1 fully saturated rings. The fourth-order valence-electron chi connectivity index (χ4n) is 3.26. The van der Waals surface area contributed by atoms with Crippen molar-refractivity contribution in [3.05, 3.63) is 35.4 Å². The van der Waals surface area contributed by atoms with Crippen molar-refractivity contribution in [3.63, 3.8) is 0 Å². The Balaban J connectivity index is 1.70. The Kier molecular flexibility index (Phi) is 3.52. The molecule has 2 N–H and O–H groups in total. The molecule has 0 aliphatic carbocycles. The number of carbonyl (C=O) groups excluding carboxylic acids is 1. The van der Waals surface area contributed by atoms with E-state index in [4.69, 9.17) is 0 Å². The average molecular weight is 274 g/mol. The first-order valence-electron chi connectivity index (χ1n) is 7.36. The fraction of sp³-hybridized carbons (Fsp3) is 0.562. The summed E-state index contributed by atoms with van der Waals surface area (Å²) < 4.78 is 0. The van der Waals surface area contributed by atoms with E-state index in [-0.39, 0.29) is 11.9 Å². The van der Waals surface area contributed by atoms with Gasteiger partial charge in [0.2, 0.25) is 5.91 Å². The van der Waals surface area contributed by atoms with Crippen molar-refractivity contribution in [3.8, 4) is 0 Å². The van der Waals surface area contributed by atoms with Gasteiger partial charge in [-0.1, -0.05) is 24.3 Å². The molecule has 4 nitrogen and oxygen atoms in total. The van der Waals surface area contributed by atoms with Crippen LogP contribution in [0.15, 0.2) is 24.3 Å². The maximum absolute atomic E-state index is 12.6. The van der Waals surface area contributed by atoms with Crippen LogP contribution in [0, 0.1) is 0 Å². The SMILES string of the molecule is CC1(O)CCCN(C(=O)[C@H]2Cc3ccccc3CN2)C1. The third kappa shape index (κ3) is 2.72. The molecule has 1 saturated heterocycles. The number of nitrogens with zero attached hydrogens (tertiary/aromatic N) is 1. The van der Waals surface area contributed by atoms with Gasteiger partial charge in [0, 0.05) is 19.6 Å². The molecule has 20 heavy (non-hydrogen) atoms. The van der Waals surface area contributed by atoms with Gasteiger partial charge in [-0.2, -0.15) is 0 Å². The summed E-state index contributed by atoms with van der Waals surface area (Å²) in [4.78, 5) is 14.4. The van der Waals surface area contributed by atoms with Crippen molar-refractivity contribution >= 4 is 5.91 Å². The van der Waals surface area contributed by atoms with Gasteiger partial charge in [-0.3, -0.25) is 4.79 Å². The second-order valence-corrected chi connectivity index (χ2v) is 6.27. The molecule has 0 saturated carbocycles. The Bertz CT molecular complexity index is 513. The molecule has 0 spiro atoms. The first-order chi connectivity index (χ1) is 9.55. The molecule has 3 rings (SSSR count). The second kappa shape index (κ2) is 5.19. The predicted molar refractivity (Wildman–Crippen MR) is 77.2 cm³/mol. The number of amides is 1. The number of nitrogens with one attached hydrogen (secondary N) is 1. The number of β-amino-alcohol motifs (C(OH)–C–C–N with tert-alkyl or cyclic N) is 1. The van der Waals surface area contributed by atoms with Crippen LogP contribution in [-0.2, 0) is 17.8 Å². The van der Waals surface area contributed by atoms with Crippen LogP contribution in [-0.4, -0.2) is 40.6 Å². The van der Waals surface area contributed by atoms with E-state index >= 15 is 0 Å². The highest BCUT2D eigenvalue weighted by molar-refractivity contribution is 5.82. The lowest BCUT2D eigenvalue weighted by Crippen LogP contribution is -2.55. The van der Waals surface area contributed by atoms with Gasteiger partial charge in [-0.25, -0.2) is 0 Å². The molecule has 2 aliphatic heterocycles. The molecule has 1 amide bonds. The lowest BCUT2D eigenvalue weighted by Gasteiger charge is -2.39. The zero-order valence-corrected chi connectivity index (χ0v) is 11.9. The number of rotatable bonds is 1. The number of hydrogen-bond donors (Lipinski definition) is 2. The summed E-state index contributed by atoms with van der Waals surface area (Å²) in [5.41, 5.74) is 1.80. The summed E-state index contributed by atoms with van der Waals surface area (Å²) in [5, 5.41) is 13.5.